The number of methoxy groups -OCH3 is 1. The van der Waals surface area contributed by atoms with Crippen LogP contribution in [-0.2, 0) is 4.79 Å². The molecule has 0 unspecified atom stereocenters. The van der Waals surface area contributed by atoms with Gasteiger partial charge in [-0.2, -0.15) is 0 Å². The van der Waals surface area contributed by atoms with Crippen LogP contribution in [0.2, 0.25) is 5.02 Å². The van der Waals surface area contributed by atoms with Crippen molar-refractivity contribution < 1.29 is 14.6 Å². The number of ether oxygens (including phenoxy) is 1. The lowest BCUT2D eigenvalue weighted by Crippen LogP contribution is -2.25. The van der Waals surface area contributed by atoms with Crippen molar-refractivity contribution in [3.05, 3.63) is 23.2 Å². The van der Waals surface area contributed by atoms with E-state index < -0.39 is 12.0 Å². The van der Waals surface area contributed by atoms with Crippen molar-refractivity contribution in [1.82, 2.24) is 0 Å². The fraction of sp³-hybridized carbons (Fsp3) is 0.300. The summed E-state index contributed by atoms with van der Waals surface area (Å²) >= 11 is 5.88. The Bertz CT molecular complexity index is 368. The Balaban J connectivity index is 2.79. The van der Waals surface area contributed by atoms with Gasteiger partial charge in [-0.15, -0.1) is 0 Å². The van der Waals surface area contributed by atoms with Gasteiger partial charge in [-0.1, -0.05) is 11.6 Å². The van der Waals surface area contributed by atoms with Crippen LogP contribution >= 0.6 is 11.6 Å². The number of benzene rings is 1. The molecule has 82 valence electrons. The first kappa shape index (κ1) is 11.7. The van der Waals surface area contributed by atoms with Crippen LogP contribution in [0.5, 0.6) is 5.75 Å². The molecule has 1 atom stereocenters. The van der Waals surface area contributed by atoms with Crippen LogP contribution in [0.1, 0.15) is 6.92 Å². The van der Waals surface area contributed by atoms with E-state index in [0.29, 0.717) is 16.5 Å². The maximum Gasteiger partial charge on any atom is 0.325 e. The molecule has 0 aromatic heterocycles. The summed E-state index contributed by atoms with van der Waals surface area (Å²) in [6.07, 6.45) is 0. The lowest BCUT2D eigenvalue weighted by molar-refractivity contribution is -0.137. The number of aliphatic carboxylic acids is 1. The van der Waals surface area contributed by atoms with Crippen LogP contribution < -0.4 is 10.1 Å². The van der Waals surface area contributed by atoms with Crippen LogP contribution in [0.3, 0.4) is 0 Å². The molecule has 2 N–H and O–H groups in total. The number of nitrogens with one attached hydrogen (secondary N) is 1. The number of anilines is 1. The maximum absolute atomic E-state index is 10.6. The van der Waals surface area contributed by atoms with Crippen molar-refractivity contribution in [3.8, 4) is 5.75 Å². The van der Waals surface area contributed by atoms with E-state index in [1.54, 1.807) is 25.1 Å². The van der Waals surface area contributed by atoms with Crippen LogP contribution in [0.25, 0.3) is 0 Å². The lowest BCUT2D eigenvalue weighted by Gasteiger charge is -2.11. The predicted octanol–water partition coefficient (Wildman–Crippen LogP) is 2.23. The standard InChI is InChI=1S/C10H12ClNO3/c1-6(10(13)14)12-7-3-4-9(15-2)8(11)5-7/h3-6,12H,1-2H3,(H,13,14)/t6-/m0/s1. The van der Waals surface area contributed by atoms with Crippen LogP contribution in [0, 0.1) is 0 Å². The van der Waals surface area contributed by atoms with Gasteiger partial charge in [0.2, 0.25) is 0 Å². The largest absolute Gasteiger partial charge is 0.495 e. The molecule has 4 nitrogen and oxygen atoms in total. The summed E-state index contributed by atoms with van der Waals surface area (Å²) in [5.41, 5.74) is 0.649. The second-order valence-corrected chi connectivity index (χ2v) is 3.46. The molecule has 1 aromatic rings. The van der Waals surface area contributed by atoms with Gasteiger partial charge in [0.05, 0.1) is 12.1 Å². The van der Waals surface area contributed by atoms with Gasteiger partial charge in [0, 0.05) is 5.69 Å². The highest BCUT2D eigenvalue weighted by molar-refractivity contribution is 6.32. The molecule has 0 aliphatic carbocycles. The summed E-state index contributed by atoms with van der Waals surface area (Å²) in [5, 5.41) is 11.9. The summed E-state index contributed by atoms with van der Waals surface area (Å²) in [6, 6.07) is 4.36. The third-order valence-corrected chi connectivity index (χ3v) is 2.20. The van der Waals surface area contributed by atoms with Gasteiger partial charge in [-0.3, -0.25) is 4.79 Å². The molecule has 5 heteroatoms. The SMILES string of the molecule is COc1ccc(N[C@@H](C)C(=O)O)cc1Cl. The van der Waals surface area contributed by atoms with E-state index in [2.05, 4.69) is 5.32 Å². The highest BCUT2D eigenvalue weighted by Gasteiger charge is 2.10. The Kier molecular flexibility index (Phi) is 3.80. The summed E-state index contributed by atoms with van der Waals surface area (Å²) in [4.78, 5) is 10.6. The number of carbonyl (C=O) groups is 1. The quantitative estimate of drug-likeness (QED) is 0.831. The molecule has 0 aliphatic heterocycles. The number of carboxylic acid groups (broad SMARTS) is 1. The Morgan fingerprint density at radius 2 is 2.27 bits per heavy atom. The lowest BCUT2D eigenvalue weighted by atomic mass is 10.2. The number of carboxylic acids is 1. The van der Waals surface area contributed by atoms with Gasteiger partial charge in [0.1, 0.15) is 11.8 Å². The van der Waals surface area contributed by atoms with E-state index in [1.807, 2.05) is 0 Å². The number of hydrogen-bond donors (Lipinski definition) is 2. The molecular formula is C10H12ClNO3. The summed E-state index contributed by atoms with van der Waals surface area (Å²) in [5.74, 6) is -0.355. The first-order chi connectivity index (χ1) is 7.04. The molecule has 0 fully saturated rings. The maximum atomic E-state index is 10.6. The summed E-state index contributed by atoms with van der Waals surface area (Å²) in [6.45, 7) is 1.56. The van der Waals surface area contributed by atoms with E-state index in [0.717, 1.165) is 0 Å². The van der Waals surface area contributed by atoms with Gasteiger partial charge in [-0.05, 0) is 25.1 Å². The Morgan fingerprint density at radius 3 is 2.73 bits per heavy atom. The van der Waals surface area contributed by atoms with Gasteiger partial charge in [-0.25, -0.2) is 0 Å². The zero-order valence-corrected chi connectivity index (χ0v) is 9.21. The molecule has 0 amide bonds. The van der Waals surface area contributed by atoms with Crippen molar-refractivity contribution in [3.63, 3.8) is 0 Å². The van der Waals surface area contributed by atoms with Crippen LogP contribution in [0.15, 0.2) is 18.2 Å². The minimum atomic E-state index is -0.915. The fourth-order valence-electron chi connectivity index (χ4n) is 1.07. The van der Waals surface area contributed by atoms with Crippen molar-refractivity contribution in [2.45, 2.75) is 13.0 Å². The van der Waals surface area contributed by atoms with Crippen molar-refractivity contribution >= 4 is 23.3 Å². The number of rotatable bonds is 4. The molecule has 0 aliphatic rings. The molecule has 15 heavy (non-hydrogen) atoms. The third kappa shape index (κ3) is 3.02. The van der Waals surface area contributed by atoms with Gasteiger partial charge in [0.25, 0.3) is 0 Å². The zero-order valence-electron chi connectivity index (χ0n) is 8.45. The molecule has 0 radical (unpaired) electrons. The minimum absolute atomic E-state index is 0.445. The Morgan fingerprint density at radius 1 is 1.60 bits per heavy atom. The number of halogens is 1. The van der Waals surface area contributed by atoms with E-state index in [1.165, 1.54) is 7.11 Å². The van der Waals surface area contributed by atoms with Crippen LogP contribution in [0.4, 0.5) is 5.69 Å². The molecule has 1 rings (SSSR count). The topological polar surface area (TPSA) is 58.6 Å². The first-order valence-electron chi connectivity index (χ1n) is 4.37. The Hall–Kier alpha value is -1.42. The molecular weight excluding hydrogens is 218 g/mol. The average Bonchev–Trinajstić information content (AvgIpc) is 2.18. The summed E-state index contributed by atoms with van der Waals surface area (Å²) in [7, 11) is 1.52. The second-order valence-electron chi connectivity index (χ2n) is 3.05. The predicted molar refractivity (Wildman–Crippen MR) is 58.7 cm³/mol. The number of hydrogen-bond acceptors (Lipinski definition) is 3. The third-order valence-electron chi connectivity index (χ3n) is 1.91. The highest BCUT2D eigenvalue weighted by atomic mass is 35.5. The van der Waals surface area contributed by atoms with E-state index in [-0.39, 0.29) is 0 Å². The smallest absolute Gasteiger partial charge is 0.325 e. The van der Waals surface area contributed by atoms with E-state index >= 15 is 0 Å². The molecule has 0 spiro atoms. The molecule has 0 bridgehead atoms. The zero-order chi connectivity index (χ0) is 11.4. The van der Waals surface area contributed by atoms with Crippen LogP contribution in [-0.4, -0.2) is 24.2 Å². The molecule has 0 heterocycles. The van der Waals surface area contributed by atoms with E-state index in [9.17, 15) is 4.79 Å². The molecule has 0 saturated heterocycles. The minimum Gasteiger partial charge on any atom is -0.495 e. The van der Waals surface area contributed by atoms with Gasteiger partial charge >= 0.3 is 5.97 Å². The first-order valence-corrected chi connectivity index (χ1v) is 4.75. The fourth-order valence-corrected chi connectivity index (χ4v) is 1.33. The van der Waals surface area contributed by atoms with Gasteiger partial charge < -0.3 is 15.2 Å². The average molecular weight is 230 g/mol. The van der Waals surface area contributed by atoms with E-state index in [4.69, 9.17) is 21.4 Å². The van der Waals surface area contributed by atoms with Crippen molar-refractivity contribution in [2.75, 3.05) is 12.4 Å². The van der Waals surface area contributed by atoms with Crippen molar-refractivity contribution in [1.29, 1.82) is 0 Å². The monoisotopic (exact) mass is 229 g/mol. The van der Waals surface area contributed by atoms with Gasteiger partial charge in [0.15, 0.2) is 0 Å². The van der Waals surface area contributed by atoms with Crippen molar-refractivity contribution in [2.24, 2.45) is 0 Å². The summed E-state index contributed by atoms with van der Waals surface area (Å²) < 4.78 is 4.98. The molecule has 1 aromatic carbocycles. The Labute approximate surface area is 92.8 Å². The molecule has 0 saturated carbocycles. The highest BCUT2D eigenvalue weighted by Crippen LogP contribution is 2.27. The second kappa shape index (κ2) is 4.89. The normalized spacial score (nSPS) is 11.9.